The smallest absolute Gasteiger partial charge is 0.416 e. The van der Waals surface area contributed by atoms with Crippen LogP contribution in [0.4, 0.5) is 22.0 Å². The Kier molecular flexibility index (Phi) is 10.0. The molecule has 0 amide bonds. The van der Waals surface area contributed by atoms with Gasteiger partial charge in [0.25, 0.3) is 0 Å². The predicted molar refractivity (Wildman–Crippen MR) is 148 cm³/mol. The van der Waals surface area contributed by atoms with Crippen LogP contribution < -0.4 is 4.74 Å². The zero-order valence-electron chi connectivity index (χ0n) is 22.0. The summed E-state index contributed by atoms with van der Waals surface area (Å²) in [4.78, 5) is 12.7. The van der Waals surface area contributed by atoms with E-state index in [9.17, 15) is 26.7 Å². The van der Waals surface area contributed by atoms with Crippen LogP contribution in [0.2, 0.25) is 0 Å². The van der Waals surface area contributed by atoms with Crippen LogP contribution in [0.25, 0.3) is 11.3 Å². The lowest BCUT2D eigenvalue weighted by molar-refractivity contribution is -0.145. The van der Waals surface area contributed by atoms with Gasteiger partial charge in [-0.05, 0) is 67.9 Å². The molecule has 11 heteroatoms. The molecule has 0 bridgehead atoms. The quantitative estimate of drug-likeness (QED) is 0.0962. The number of carbonyl (C=O) groups is 1. The average molecular weight is 609 g/mol. The molecular formula is C30H25F5O4S2. The second-order valence-electron chi connectivity index (χ2n) is 8.81. The minimum atomic E-state index is -4.46. The number of esters is 1. The monoisotopic (exact) mass is 608 g/mol. The van der Waals surface area contributed by atoms with Crippen LogP contribution in [-0.2, 0) is 27.2 Å². The predicted octanol–water partition coefficient (Wildman–Crippen LogP) is 9.08. The van der Waals surface area contributed by atoms with E-state index < -0.39 is 29.3 Å². The zero-order chi connectivity index (χ0) is 29.6. The van der Waals surface area contributed by atoms with E-state index in [1.807, 2.05) is 19.1 Å². The fourth-order valence-corrected chi connectivity index (χ4v) is 5.67. The molecule has 4 aromatic rings. The Labute approximate surface area is 242 Å². The summed E-state index contributed by atoms with van der Waals surface area (Å²) < 4.78 is 83.1. The standard InChI is InChI=1S/C30H25F5O4S2/c1-3-37-29(36)15-38-25-10-9-23(12-18(25)2)40-16-20-13-26(19-4-6-21(7-5-19)30(33,34)35)39-27(20)17-41-28-11-8-22(31)14-24(28)32/h4-14H,3,15-17H2,1-2H3. The Hall–Kier alpha value is -3.44. The van der Waals surface area contributed by atoms with Gasteiger partial charge in [0.15, 0.2) is 6.61 Å². The number of aryl methyl sites for hydroxylation is 1. The van der Waals surface area contributed by atoms with Gasteiger partial charge < -0.3 is 13.9 Å². The third-order valence-electron chi connectivity index (χ3n) is 5.84. The molecule has 0 fully saturated rings. The van der Waals surface area contributed by atoms with E-state index in [2.05, 4.69) is 0 Å². The molecule has 0 aliphatic heterocycles. The van der Waals surface area contributed by atoms with E-state index >= 15 is 0 Å². The SMILES string of the molecule is CCOC(=O)COc1ccc(SCc2cc(-c3ccc(C(F)(F)F)cc3)oc2CSc2ccc(F)cc2F)cc1C. The molecule has 0 unspecified atom stereocenters. The minimum Gasteiger partial charge on any atom is -0.482 e. The van der Waals surface area contributed by atoms with E-state index in [4.69, 9.17) is 13.9 Å². The number of benzene rings is 3. The van der Waals surface area contributed by atoms with Crippen LogP contribution in [0.15, 0.2) is 80.9 Å². The summed E-state index contributed by atoms with van der Waals surface area (Å²) in [6.45, 7) is 3.64. The van der Waals surface area contributed by atoms with Crippen molar-refractivity contribution in [2.75, 3.05) is 13.2 Å². The Morgan fingerprint density at radius 2 is 1.68 bits per heavy atom. The summed E-state index contributed by atoms with van der Waals surface area (Å²) in [6.07, 6.45) is -4.46. The molecule has 0 aliphatic rings. The number of rotatable bonds is 11. The highest BCUT2D eigenvalue weighted by Crippen LogP contribution is 2.37. The van der Waals surface area contributed by atoms with Crippen molar-refractivity contribution >= 4 is 29.5 Å². The summed E-state index contributed by atoms with van der Waals surface area (Å²) >= 11 is 2.62. The number of hydrogen-bond acceptors (Lipinski definition) is 6. The number of carbonyl (C=O) groups excluding carboxylic acids is 1. The van der Waals surface area contributed by atoms with Gasteiger partial charge in [0, 0.05) is 32.7 Å². The van der Waals surface area contributed by atoms with Gasteiger partial charge in [-0.25, -0.2) is 13.6 Å². The first-order chi connectivity index (χ1) is 19.5. The lowest BCUT2D eigenvalue weighted by Gasteiger charge is -2.10. The number of furan rings is 1. The Balaban J connectivity index is 1.52. The summed E-state index contributed by atoms with van der Waals surface area (Å²) in [6, 6.07) is 15.2. The molecular weight excluding hydrogens is 583 g/mol. The Morgan fingerprint density at radius 1 is 0.927 bits per heavy atom. The van der Waals surface area contributed by atoms with Crippen molar-refractivity contribution < 1.29 is 40.6 Å². The maximum Gasteiger partial charge on any atom is 0.416 e. The molecule has 0 saturated carbocycles. The van der Waals surface area contributed by atoms with Gasteiger partial charge >= 0.3 is 12.1 Å². The first-order valence-electron chi connectivity index (χ1n) is 12.4. The second kappa shape index (κ2) is 13.5. The van der Waals surface area contributed by atoms with Gasteiger partial charge in [-0.1, -0.05) is 12.1 Å². The molecule has 1 aromatic heterocycles. The molecule has 216 valence electrons. The summed E-state index contributed by atoms with van der Waals surface area (Å²) in [7, 11) is 0. The van der Waals surface area contributed by atoms with E-state index in [-0.39, 0.29) is 23.9 Å². The lowest BCUT2D eigenvalue weighted by atomic mass is 10.1. The maximum absolute atomic E-state index is 14.2. The average Bonchev–Trinajstić information content (AvgIpc) is 3.33. The van der Waals surface area contributed by atoms with Crippen molar-refractivity contribution in [1.29, 1.82) is 0 Å². The number of halogens is 5. The molecule has 1 heterocycles. The van der Waals surface area contributed by atoms with Crippen LogP contribution in [0.1, 0.15) is 29.4 Å². The molecule has 0 saturated heterocycles. The van der Waals surface area contributed by atoms with Gasteiger partial charge in [0.05, 0.1) is 17.9 Å². The number of ether oxygens (including phenoxy) is 2. The third-order valence-corrected chi connectivity index (χ3v) is 7.93. The highest BCUT2D eigenvalue weighted by Gasteiger charge is 2.30. The summed E-state index contributed by atoms with van der Waals surface area (Å²) in [5.41, 5.74) is 1.29. The fourth-order valence-electron chi connectivity index (χ4n) is 3.79. The van der Waals surface area contributed by atoms with Crippen LogP contribution in [0.3, 0.4) is 0 Å². The molecule has 4 nitrogen and oxygen atoms in total. The van der Waals surface area contributed by atoms with Crippen LogP contribution in [0.5, 0.6) is 5.75 Å². The summed E-state index contributed by atoms with van der Waals surface area (Å²) in [5, 5.41) is 0. The normalized spacial score (nSPS) is 11.5. The first-order valence-corrected chi connectivity index (χ1v) is 14.4. The van der Waals surface area contributed by atoms with Crippen LogP contribution >= 0.6 is 23.5 Å². The zero-order valence-corrected chi connectivity index (χ0v) is 23.7. The second-order valence-corrected chi connectivity index (χ2v) is 10.9. The molecule has 4 rings (SSSR count). The van der Waals surface area contributed by atoms with Gasteiger partial charge in [-0.15, -0.1) is 23.5 Å². The minimum absolute atomic E-state index is 0.196. The van der Waals surface area contributed by atoms with Crippen molar-refractivity contribution in [3.8, 4) is 17.1 Å². The van der Waals surface area contributed by atoms with Crippen molar-refractivity contribution in [1.82, 2.24) is 0 Å². The third kappa shape index (κ3) is 8.29. The molecule has 0 spiro atoms. The first kappa shape index (κ1) is 30.5. The van der Waals surface area contributed by atoms with E-state index in [0.29, 0.717) is 28.6 Å². The Bertz CT molecular complexity index is 1500. The number of hydrogen-bond donors (Lipinski definition) is 0. The van der Waals surface area contributed by atoms with Crippen molar-refractivity contribution in [2.45, 2.75) is 41.3 Å². The van der Waals surface area contributed by atoms with Crippen molar-refractivity contribution in [2.24, 2.45) is 0 Å². The molecule has 0 atom stereocenters. The van der Waals surface area contributed by atoms with Gasteiger partial charge in [-0.2, -0.15) is 13.2 Å². The van der Waals surface area contributed by atoms with Crippen molar-refractivity contribution in [3.05, 3.63) is 101 Å². The lowest BCUT2D eigenvalue weighted by Crippen LogP contribution is -2.14. The molecule has 0 radical (unpaired) electrons. The Morgan fingerprint density at radius 3 is 2.34 bits per heavy atom. The molecule has 41 heavy (non-hydrogen) atoms. The van der Waals surface area contributed by atoms with Gasteiger partial charge in [-0.3, -0.25) is 0 Å². The summed E-state index contributed by atoms with van der Waals surface area (Å²) in [5.74, 6) is 0.289. The topological polar surface area (TPSA) is 48.7 Å². The highest BCUT2D eigenvalue weighted by molar-refractivity contribution is 7.99. The van der Waals surface area contributed by atoms with E-state index in [1.54, 1.807) is 19.1 Å². The molecule has 3 aromatic carbocycles. The largest absolute Gasteiger partial charge is 0.482 e. The van der Waals surface area contributed by atoms with E-state index in [0.717, 1.165) is 46.0 Å². The van der Waals surface area contributed by atoms with Gasteiger partial charge in [0.1, 0.15) is 28.9 Å². The van der Waals surface area contributed by atoms with Gasteiger partial charge in [0.2, 0.25) is 0 Å². The molecule has 0 N–H and O–H groups in total. The number of alkyl halides is 3. The van der Waals surface area contributed by atoms with E-state index in [1.165, 1.54) is 36.0 Å². The molecule has 0 aliphatic carbocycles. The van der Waals surface area contributed by atoms with Crippen LogP contribution in [0, 0.1) is 18.6 Å². The number of thioether (sulfide) groups is 2. The highest BCUT2D eigenvalue weighted by atomic mass is 32.2. The fraction of sp³-hybridized carbons (Fsp3) is 0.233. The maximum atomic E-state index is 14.2. The van der Waals surface area contributed by atoms with Crippen molar-refractivity contribution in [3.63, 3.8) is 0 Å². The van der Waals surface area contributed by atoms with Crippen LogP contribution in [-0.4, -0.2) is 19.2 Å².